The highest BCUT2D eigenvalue weighted by Gasteiger charge is 2.09. The molecule has 0 saturated heterocycles. The first kappa shape index (κ1) is 12.2. The van der Waals surface area contributed by atoms with E-state index in [1.807, 2.05) is 18.4 Å². The SMILES string of the molecule is CNC(C)CC(C)Cc1ccc(Br)s1. The second-order valence-corrected chi connectivity index (χ2v) is 6.49. The molecule has 3 heteroatoms. The highest BCUT2D eigenvalue weighted by atomic mass is 79.9. The first-order valence-corrected chi connectivity index (χ1v) is 6.64. The minimum absolute atomic E-state index is 0.619. The number of thiophene rings is 1. The van der Waals surface area contributed by atoms with Crippen molar-refractivity contribution < 1.29 is 0 Å². The van der Waals surface area contributed by atoms with Crippen molar-refractivity contribution in [1.82, 2.24) is 5.32 Å². The zero-order valence-corrected chi connectivity index (χ0v) is 11.4. The fourth-order valence-corrected chi connectivity index (χ4v) is 3.26. The third-order valence-corrected chi connectivity index (χ3v) is 4.07. The fraction of sp³-hybridized carbons (Fsp3) is 0.636. The van der Waals surface area contributed by atoms with Gasteiger partial charge >= 0.3 is 0 Å². The van der Waals surface area contributed by atoms with Crippen molar-refractivity contribution in [3.8, 4) is 0 Å². The van der Waals surface area contributed by atoms with Gasteiger partial charge in [-0.15, -0.1) is 11.3 Å². The second-order valence-electron chi connectivity index (χ2n) is 3.94. The Hall–Kier alpha value is 0.140. The van der Waals surface area contributed by atoms with Gasteiger partial charge in [0.25, 0.3) is 0 Å². The molecular formula is C11H18BrNS. The molecule has 0 aliphatic carbocycles. The molecule has 80 valence electrons. The Labute approximate surface area is 99.0 Å². The van der Waals surface area contributed by atoms with Gasteiger partial charge in [0.05, 0.1) is 3.79 Å². The largest absolute Gasteiger partial charge is 0.317 e. The summed E-state index contributed by atoms with van der Waals surface area (Å²) >= 11 is 5.34. The lowest BCUT2D eigenvalue weighted by Crippen LogP contribution is -2.24. The third-order valence-electron chi connectivity index (χ3n) is 2.43. The van der Waals surface area contributed by atoms with Crippen LogP contribution in [0, 0.1) is 5.92 Å². The summed E-state index contributed by atoms with van der Waals surface area (Å²) in [5, 5.41) is 3.28. The zero-order chi connectivity index (χ0) is 10.6. The molecule has 0 spiro atoms. The van der Waals surface area contributed by atoms with E-state index in [2.05, 4.69) is 47.2 Å². The molecule has 1 rings (SSSR count). The maximum atomic E-state index is 3.49. The Bertz CT molecular complexity index is 272. The van der Waals surface area contributed by atoms with E-state index in [0.29, 0.717) is 6.04 Å². The van der Waals surface area contributed by atoms with Crippen LogP contribution in [0.3, 0.4) is 0 Å². The lowest BCUT2D eigenvalue weighted by atomic mass is 9.99. The summed E-state index contributed by atoms with van der Waals surface area (Å²) in [6.45, 7) is 4.56. The highest BCUT2D eigenvalue weighted by molar-refractivity contribution is 9.11. The van der Waals surface area contributed by atoms with Crippen molar-refractivity contribution in [2.75, 3.05) is 7.05 Å². The first-order valence-electron chi connectivity index (χ1n) is 5.03. The lowest BCUT2D eigenvalue weighted by molar-refractivity contribution is 0.442. The van der Waals surface area contributed by atoms with Crippen LogP contribution in [0.4, 0.5) is 0 Å². The van der Waals surface area contributed by atoms with Gasteiger partial charge < -0.3 is 5.32 Å². The second kappa shape index (κ2) is 5.89. The molecule has 1 nitrogen and oxygen atoms in total. The molecule has 1 aromatic heterocycles. The van der Waals surface area contributed by atoms with Gasteiger partial charge in [-0.05, 0) is 60.8 Å². The molecule has 0 aromatic carbocycles. The molecule has 0 radical (unpaired) electrons. The minimum atomic E-state index is 0.619. The predicted octanol–water partition coefficient (Wildman–Crippen LogP) is 3.69. The average molecular weight is 276 g/mol. The molecule has 0 bridgehead atoms. The van der Waals surface area contributed by atoms with E-state index in [9.17, 15) is 0 Å². The molecule has 1 N–H and O–H groups in total. The van der Waals surface area contributed by atoms with Crippen LogP contribution in [-0.4, -0.2) is 13.1 Å². The van der Waals surface area contributed by atoms with Crippen molar-refractivity contribution in [1.29, 1.82) is 0 Å². The summed E-state index contributed by atoms with van der Waals surface area (Å²) in [7, 11) is 2.03. The molecule has 2 unspecified atom stereocenters. The minimum Gasteiger partial charge on any atom is -0.317 e. The molecule has 0 fully saturated rings. The quantitative estimate of drug-likeness (QED) is 0.865. The number of rotatable bonds is 5. The molecule has 0 aliphatic rings. The molecular weight excluding hydrogens is 258 g/mol. The summed E-state index contributed by atoms with van der Waals surface area (Å²) in [6.07, 6.45) is 2.44. The molecule has 2 atom stereocenters. The van der Waals surface area contributed by atoms with Crippen molar-refractivity contribution in [2.24, 2.45) is 5.92 Å². The van der Waals surface area contributed by atoms with Crippen molar-refractivity contribution in [2.45, 2.75) is 32.7 Å². The van der Waals surface area contributed by atoms with Crippen LogP contribution in [0.25, 0.3) is 0 Å². The Morgan fingerprint density at radius 2 is 2.14 bits per heavy atom. The van der Waals surface area contributed by atoms with Crippen molar-refractivity contribution in [3.05, 3.63) is 20.8 Å². The Morgan fingerprint density at radius 1 is 1.43 bits per heavy atom. The Kier molecular flexibility index (Phi) is 5.13. The third kappa shape index (κ3) is 4.11. The Morgan fingerprint density at radius 3 is 2.64 bits per heavy atom. The van der Waals surface area contributed by atoms with Gasteiger partial charge in [0.1, 0.15) is 0 Å². The average Bonchev–Trinajstić information content (AvgIpc) is 2.50. The number of hydrogen-bond acceptors (Lipinski definition) is 2. The zero-order valence-electron chi connectivity index (χ0n) is 9.01. The molecule has 0 saturated carbocycles. The number of hydrogen-bond donors (Lipinski definition) is 1. The normalized spacial score (nSPS) is 15.4. The maximum Gasteiger partial charge on any atom is 0.0701 e. The van der Waals surface area contributed by atoms with Crippen molar-refractivity contribution >= 4 is 27.3 Å². The predicted molar refractivity (Wildman–Crippen MR) is 68.0 cm³/mol. The van der Waals surface area contributed by atoms with E-state index in [1.165, 1.54) is 21.5 Å². The van der Waals surface area contributed by atoms with Gasteiger partial charge in [0, 0.05) is 10.9 Å². The summed E-state index contributed by atoms with van der Waals surface area (Å²) in [5.74, 6) is 0.753. The van der Waals surface area contributed by atoms with E-state index in [4.69, 9.17) is 0 Å². The van der Waals surface area contributed by atoms with E-state index < -0.39 is 0 Å². The summed E-state index contributed by atoms with van der Waals surface area (Å²) in [5.41, 5.74) is 0. The van der Waals surface area contributed by atoms with Crippen LogP contribution in [0.2, 0.25) is 0 Å². The van der Waals surface area contributed by atoms with E-state index in [1.54, 1.807) is 0 Å². The topological polar surface area (TPSA) is 12.0 Å². The summed E-state index contributed by atoms with van der Waals surface area (Å²) < 4.78 is 1.24. The number of halogens is 1. The molecule has 1 aromatic rings. The van der Waals surface area contributed by atoms with Gasteiger partial charge in [-0.2, -0.15) is 0 Å². The van der Waals surface area contributed by atoms with Crippen LogP contribution >= 0.6 is 27.3 Å². The molecule has 1 heterocycles. The van der Waals surface area contributed by atoms with Crippen LogP contribution in [0.15, 0.2) is 15.9 Å². The van der Waals surface area contributed by atoms with Crippen molar-refractivity contribution in [3.63, 3.8) is 0 Å². The van der Waals surface area contributed by atoms with E-state index in [0.717, 1.165) is 5.92 Å². The smallest absolute Gasteiger partial charge is 0.0701 e. The monoisotopic (exact) mass is 275 g/mol. The standard InChI is InChI=1S/C11H18BrNS/c1-8(6-9(2)13-3)7-10-4-5-11(12)14-10/h4-5,8-9,13H,6-7H2,1-3H3. The van der Waals surface area contributed by atoms with Gasteiger partial charge in [0.2, 0.25) is 0 Å². The molecule has 0 amide bonds. The maximum absolute atomic E-state index is 3.49. The van der Waals surface area contributed by atoms with Crippen LogP contribution < -0.4 is 5.32 Å². The van der Waals surface area contributed by atoms with Gasteiger partial charge in [0.15, 0.2) is 0 Å². The summed E-state index contributed by atoms with van der Waals surface area (Å²) in [6, 6.07) is 4.97. The summed E-state index contributed by atoms with van der Waals surface area (Å²) in [4.78, 5) is 1.48. The van der Waals surface area contributed by atoms with Gasteiger partial charge in [-0.25, -0.2) is 0 Å². The number of nitrogens with one attached hydrogen (secondary N) is 1. The first-order chi connectivity index (χ1) is 6.61. The molecule has 14 heavy (non-hydrogen) atoms. The lowest BCUT2D eigenvalue weighted by Gasteiger charge is -2.15. The highest BCUT2D eigenvalue weighted by Crippen LogP contribution is 2.25. The van der Waals surface area contributed by atoms with Crippen LogP contribution in [0.5, 0.6) is 0 Å². The molecule has 0 aliphatic heterocycles. The van der Waals surface area contributed by atoms with E-state index in [-0.39, 0.29) is 0 Å². The van der Waals surface area contributed by atoms with Crippen LogP contribution in [-0.2, 0) is 6.42 Å². The van der Waals surface area contributed by atoms with Crippen LogP contribution in [0.1, 0.15) is 25.1 Å². The van der Waals surface area contributed by atoms with Gasteiger partial charge in [-0.3, -0.25) is 0 Å². The van der Waals surface area contributed by atoms with E-state index >= 15 is 0 Å². The Balaban J connectivity index is 2.37. The fourth-order valence-electron chi connectivity index (χ4n) is 1.61. The van der Waals surface area contributed by atoms with Gasteiger partial charge in [-0.1, -0.05) is 6.92 Å².